The Bertz CT molecular complexity index is 302. The predicted octanol–water partition coefficient (Wildman–Crippen LogP) is 1.78. The van der Waals surface area contributed by atoms with E-state index in [-0.39, 0.29) is 6.10 Å². The van der Waals surface area contributed by atoms with Crippen molar-refractivity contribution in [3.05, 3.63) is 35.4 Å². The molecule has 0 aliphatic carbocycles. The Morgan fingerprint density at radius 1 is 1.25 bits per heavy atom. The quantitative estimate of drug-likeness (QED) is 0.764. The van der Waals surface area contributed by atoms with Crippen molar-refractivity contribution >= 4 is 0 Å². The molecule has 1 rings (SSSR count). The van der Waals surface area contributed by atoms with E-state index in [1.54, 1.807) is 14.2 Å². The highest BCUT2D eigenvalue weighted by Crippen LogP contribution is 2.21. The van der Waals surface area contributed by atoms with Crippen molar-refractivity contribution in [1.82, 2.24) is 5.32 Å². The van der Waals surface area contributed by atoms with Crippen molar-refractivity contribution in [2.24, 2.45) is 0 Å². The zero-order chi connectivity index (χ0) is 11.8. The van der Waals surface area contributed by atoms with Gasteiger partial charge in [-0.15, -0.1) is 0 Å². The van der Waals surface area contributed by atoms with E-state index in [9.17, 15) is 0 Å². The van der Waals surface area contributed by atoms with Crippen molar-refractivity contribution in [1.29, 1.82) is 0 Å². The number of methoxy groups -OCH3 is 2. The lowest BCUT2D eigenvalue weighted by Gasteiger charge is -2.18. The Morgan fingerprint density at radius 2 is 2.00 bits per heavy atom. The topological polar surface area (TPSA) is 30.5 Å². The number of benzene rings is 1. The lowest BCUT2D eigenvalue weighted by Crippen LogP contribution is -2.15. The van der Waals surface area contributed by atoms with Gasteiger partial charge in [-0.05, 0) is 31.1 Å². The first-order chi connectivity index (χ1) is 7.83. The van der Waals surface area contributed by atoms with Gasteiger partial charge < -0.3 is 14.8 Å². The highest BCUT2D eigenvalue weighted by atomic mass is 16.5. The summed E-state index contributed by atoms with van der Waals surface area (Å²) in [5, 5.41) is 3.16. The lowest BCUT2D eigenvalue weighted by molar-refractivity contribution is 0.0270. The molecule has 0 amide bonds. The third-order valence-electron chi connectivity index (χ3n) is 2.65. The van der Waals surface area contributed by atoms with Crippen molar-refractivity contribution < 1.29 is 9.47 Å². The molecule has 1 unspecified atom stereocenters. The first kappa shape index (κ1) is 13.2. The van der Waals surface area contributed by atoms with E-state index in [0.29, 0.717) is 6.61 Å². The van der Waals surface area contributed by atoms with Gasteiger partial charge in [0.05, 0.1) is 6.61 Å². The van der Waals surface area contributed by atoms with Crippen LogP contribution in [0.5, 0.6) is 0 Å². The van der Waals surface area contributed by atoms with Crippen LogP contribution in [0.1, 0.15) is 17.2 Å². The van der Waals surface area contributed by atoms with Crippen molar-refractivity contribution in [2.75, 3.05) is 34.4 Å². The minimum atomic E-state index is 0.0260. The second-order valence-electron chi connectivity index (χ2n) is 3.73. The van der Waals surface area contributed by atoms with Gasteiger partial charge in [0, 0.05) is 14.2 Å². The molecule has 0 fully saturated rings. The fourth-order valence-electron chi connectivity index (χ4n) is 1.77. The first-order valence-electron chi connectivity index (χ1n) is 5.57. The molecule has 3 nitrogen and oxygen atoms in total. The van der Waals surface area contributed by atoms with Crippen LogP contribution in [0.3, 0.4) is 0 Å². The Hall–Kier alpha value is -0.900. The minimum Gasteiger partial charge on any atom is -0.382 e. The summed E-state index contributed by atoms with van der Waals surface area (Å²) in [5.41, 5.74) is 2.54. The maximum Gasteiger partial charge on any atom is 0.106 e. The van der Waals surface area contributed by atoms with Crippen LogP contribution in [0.4, 0.5) is 0 Å². The molecule has 1 aromatic rings. The van der Waals surface area contributed by atoms with Gasteiger partial charge in [-0.25, -0.2) is 0 Å². The zero-order valence-electron chi connectivity index (χ0n) is 10.3. The fourth-order valence-corrected chi connectivity index (χ4v) is 1.77. The number of hydrogen-bond donors (Lipinski definition) is 1. The number of ether oxygens (including phenoxy) is 2. The predicted molar refractivity (Wildman–Crippen MR) is 65.7 cm³/mol. The van der Waals surface area contributed by atoms with Gasteiger partial charge in [0.15, 0.2) is 0 Å². The second-order valence-corrected chi connectivity index (χ2v) is 3.73. The summed E-state index contributed by atoms with van der Waals surface area (Å²) in [6, 6.07) is 8.36. The van der Waals surface area contributed by atoms with Gasteiger partial charge in [-0.1, -0.05) is 24.3 Å². The van der Waals surface area contributed by atoms with E-state index in [4.69, 9.17) is 9.47 Å². The fraction of sp³-hybridized carbons (Fsp3) is 0.538. The van der Waals surface area contributed by atoms with Crippen LogP contribution in [0.25, 0.3) is 0 Å². The van der Waals surface area contributed by atoms with Gasteiger partial charge in [-0.3, -0.25) is 0 Å². The smallest absolute Gasteiger partial charge is 0.106 e. The molecular weight excluding hydrogens is 202 g/mol. The Morgan fingerprint density at radius 3 is 2.62 bits per heavy atom. The van der Waals surface area contributed by atoms with Crippen molar-refractivity contribution in [3.8, 4) is 0 Å². The number of likely N-dealkylation sites (N-methyl/N-ethyl adjacent to an activating group) is 1. The van der Waals surface area contributed by atoms with Gasteiger partial charge in [-0.2, -0.15) is 0 Å². The molecular formula is C13H21NO2. The van der Waals surface area contributed by atoms with E-state index < -0.39 is 0 Å². The molecule has 90 valence electrons. The van der Waals surface area contributed by atoms with E-state index in [0.717, 1.165) is 13.0 Å². The van der Waals surface area contributed by atoms with Crippen molar-refractivity contribution in [2.45, 2.75) is 12.5 Å². The first-order valence-corrected chi connectivity index (χ1v) is 5.57. The molecule has 1 atom stereocenters. The number of hydrogen-bond acceptors (Lipinski definition) is 3. The third kappa shape index (κ3) is 3.59. The average molecular weight is 223 g/mol. The summed E-state index contributed by atoms with van der Waals surface area (Å²) in [6.45, 7) is 1.56. The summed E-state index contributed by atoms with van der Waals surface area (Å²) < 4.78 is 10.6. The van der Waals surface area contributed by atoms with Crippen LogP contribution >= 0.6 is 0 Å². The standard InChI is InChI=1S/C13H21NO2/c1-14-9-8-11-6-4-5-7-12(11)13(16-3)10-15-2/h4-7,13-14H,8-10H2,1-3H3. The number of nitrogens with one attached hydrogen (secondary N) is 1. The Kier molecular flexibility index (Phi) is 6.08. The SMILES string of the molecule is CNCCc1ccccc1C(COC)OC. The van der Waals surface area contributed by atoms with Crippen LogP contribution < -0.4 is 5.32 Å². The van der Waals surface area contributed by atoms with Gasteiger partial charge >= 0.3 is 0 Å². The molecule has 1 N–H and O–H groups in total. The molecule has 0 aliphatic heterocycles. The maximum atomic E-state index is 5.45. The van der Waals surface area contributed by atoms with Crippen LogP contribution in [0.2, 0.25) is 0 Å². The Labute approximate surface area is 97.8 Å². The van der Waals surface area contributed by atoms with E-state index in [1.807, 2.05) is 13.1 Å². The summed E-state index contributed by atoms with van der Waals surface area (Å²) in [4.78, 5) is 0. The van der Waals surface area contributed by atoms with Gasteiger partial charge in [0.25, 0.3) is 0 Å². The van der Waals surface area contributed by atoms with E-state index in [2.05, 4.69) is 23.5 Å². The van der Waals surface area contributed by atoms with Crippen LogP contribution in [-0.2, 0) is 15.9 Å². The molecule has 0 radical (unpaired) electrons. The second kappa shape index (κ2) is 7.39. The zero-order valence-corrected chi connectivity index (χ0v) is 10.3. The monoisotopic (exact) mass is 223 g/mol. The maximum absolute atomic E-state index is 5.45. The summed E-state index contributed by atoms with van der Waals surface area (Å²) in [5.74, 6) is 0. The third-order valence-corrected chi connectivity index (χ3v) is 2.65. The summed E-state index contributed by atoms with van der Waals surface area (Å²) in [6.07, 6.45) is 1.04. The van der Waals surface area contributed by atoms with E-state index in [1.165, 1.54) is 11.1 Å². The van der Waals surface area contributed by atoms with Crippen molar-refractivity contribution in [3.63, 3.8) is 0 Å². The summed E-state index contributed by atoms with van der Waals surface area (Å²) >= 11 is 0. The number of rotatable bonds is 7. The molecule has 0 aliphatic rings. The molecule has 0 saturated carbocycles. The van der Waals surface area contributed by atoms with E-state index >= 15 is 0 Å². The molecule has 0 bridgehead atoms. The average Bonchev–Trinajstić information content (AvgIpc) is 2.34. The highest BCUT2D eigenvalue weighted by Gasteiger charge is 2.13. The largest absolute Gasteiger partial charge is 0.382 e. The summed E-state index contributed by atoms with van der Waals surface area (Å²) in [7, 11) is 5.38. The minimum absolute atomic E-state index is 0.0260. The molecule has 0 saturated heterocycles. The molecule has 3 heteroatoms. The Balaban J connectivity index is 2.82. The molecule has 16 heavy (non-hydrogen) atoms. The molecule has 0 heterocycles. The van der Waals surface area contributed by atoms with Gasteiger partial charge in [0.1, 0.15) is 6.10 Å². The molecule has 1 aromatic carbocycles. The molecule has 0 aromatic heterocycles. The lowest BCUT2D eigenvalue weighted by atomic mass is 10.00. The van der Waals surface area contributed by atoms with Crippen LogP contribution in [0, 0.1) is 0 Å². The highest BCUT2D eigenvalue weighted by molar-refractivity contribution is 5.29. The molecule has 0 spiro atoms. The van der Waals surface area contributed by atoms with Crippen LogP contribution in [-0.4, -0.2) is 34.4 Å². The normalized spacial score (nSPS) is 12.7. The van der Waals surface area contributed by atoms with Crippen LogP contribution in [0.15, 0.2) is 24.3 Å². The van der Waals surface area contributed by atoms with Gasteiger partial charge in [0.2, 0.25) is 0 Å².